The number of amides is 2. The van der Waals surface area contributed by atoms with Crippen molar-refractivity contribution in [2.75, 3.05) is 5.32 Å². The minimum absolute atomic E-state index is 0.00197. The van der Waals surface area contributed by atoms with Gasteiger partial charge in [-0.2, -0.15) is 0 Å². The lowest BCUT2D eigenvalue weighted by Gasteiger charge is -2.15. The third-order valence-electron chi connectivity index (χ3n) is 5.48. The maximum absolute atomic E-state index is 13.1. The van der Waals surface area contributed by atoms with Crippen LogP contribution < -0.4 is 5.32 Å². The lowest BCUT2D eigenvalue weighted by molar-refractivity contribution is -0.128. The number of amidine groups is 1. The molecule has 1 atom stereocenters. The average Bonchev–Trinajstić information content (AvgIpc) is 3.46. The first-order valence-electron chi connectivity index (χ1n) is 10.3. The van der Waals surface area contributed by atoms with Gasteiger partial charge in [0.15, 0.2) is 5.17 Å². The van der Waals surface area contributed by atoms with Crippen LogP contribution in [0, 0.1) is 27.7 Å². The largest absolute Gasteiger partial charge is 0.326 e. The second kappa shape index (κ2) is 8.26. The molecule has 1 saturated carbocycles. The highest BCUT2D eigenvalue weighted by molar-refractivity contribution is 8.15. The maximum Gasteiger partial charge on any atom is 0.242 e. The molecule has 30 heavy (non-hydrogen) atoms. The van der Waals surface area contributed by atoms with Gasteiger partial charge < -0.3 is 5.32 Å². The second-order valence-corrected chi connectivity index (χ2v) is 9.47. The number of carbonyl (C=O) groups is 2. The van der Waals surface area contributed by atoms with Crippen molar-refractivity contribution in [3.8, 4) is 0 Å². The first-order valence-corrected chi connectivity index (χ1v) is 11.2. The highest BCUT2D eigenvalue weighted by Crippen LogP contribution is 2.40. The molecule has 0 radical (unpaired) electrons. The van der Waals surface area contributed by atoms with Crippen LogP contribution in [0.25, 0.3) is 0 Å². The van der Waals surface area contributed by atoms with Crippen molar-refractivity contribution < 1.29 is 9.59 Å². The van der Waals surface area contributed by atoms with E-state index in [0.717, 1.165) is 46.1 Å². The Morgan fingerprint density at radius 3 is 2.47 bits per heavy atom. The maximum atomic E-state index is 13.1. The Morgan fingerprint density at radius 2 is 1.77 bits per heavy atom. The van der Waals surface area contributed by atoms with E-state index in [1.165, 1.54) is 17.3 Å². The van der Waals surface area contributed by atoms with Crippen LogP contribution in [0.4, 0.5) is 11.4 Å². The SMILES string of the molecule is Cc1ccc(N=C2S[C@@H](CC(=O)Nc3cc(C)ccc3C)C(=O)N2C2CC2)c(C)c1. The zero-order chi connectivity index (χ0) is 21.4. The second-order valence-electron chi connectivity index (χ2n) is 8.30. The molecule has 0 unspecified atom stereocenters. The van der Waals surface area contributed by atoms with Crippen molar-refractivity contribution in [2.45, 2.75) is 58.2 Å². The molecule has 2 amide bonds. The summed E-state index contributed by atoms with van der Waals surface area (Å²) in [6, 6.07) is 12.3. The molecule has 2 aromatic carbocycles. The Balaban J connectivity index is 1.52. The van der Waals surface area contributed by atoms with Gasteiger partial charge >= 0.3 is 0 Å². The van der Waals surface area contributed by atoms with Gasteiger partial charge in [0.2, 0.25) is 11.8 Å². The predicted molar refractivity (Wildman–Crippen MR) is 123 cm³/mol. The van der Waals surface area contributed by atoms with E-state index in [0.29, 0.717) is 0 Å². The molecular formula is C24H27N3O2S. The van der Waals surface area contributed by atoms with Gasteiger partial charge in [0.1, 0.15) is 5.25 Å². The monoisotopic (exact) mass is 421 g/mol. The summed E-state index contributed by atoms with van der Waals surface area (Å²) in [5, 5.41) is 3.27. The van der Waals surface area contributed by atoms with Crippen LogP contribution in [0.2, 0.25) is 0 Å². The summed E-state index contributed by atoms with van der Waals surface area (Å²) in [6.07, 6.45) is 2.14. The van der Waals surface area contributed by atoms with E-state index >= 15 is 0 Å². The minimum Gasteiger partial charge on any atom is -0.326 e. The number of nitrogens with one attached hydrogen (secondary N) is 1. The molecule has 1 N–H and O–H groups in total. The molecule has 1 aliphatic carbocycles. The molecule has 0 bridgehead atoms. The number of anilines is 1. The predicted octanol–water partition coefficient (Wildman–Crippen LogP) is 5.04. The number of aryl methyl sites for hydroxylation is 4. The van der Waals surface area contributed by atoms with Gasteiger partial charge in [0.25, 0.3) is 0 Å². The zero-order valence-corrected chi connectivity index (χ0v) is 18.7. The van der Waals surface area contributed by atoms with Crippen LogP contribution in [0.15, 0.2) is 41.4 Å². The van der Waals surface area contributed by atoms with Crippen molar-refractivity contribution in [1.29, 1.82) is 0 Å². The third-order valence-corrected chi connectivity index (χ3v) is 6.64. The Hall–Kier alpha value is -2.60. The van der Waals surface area contributed by atoms with E-state index in [1.807, 2.05) is 56.0 Å². The van der Waals surface area contributed by atoms with Crippen LogP contribution in [-0.4, -0.2) is 33.2 Å². The molecule has 0 spiro atoms. The number of aliphatic imine (C=N–C) groups is 1. The zero-order valence-electron chi connectivity index (χ0n) is 17.9. The highest BCUT2D eigenvalue weighted by Gasteiger charge is 2.46. The van der Waals surface area contributed by atoms with Crippen LogP contribution >= 0.6 is 11.8 Å². The average molecular weight is 422 g/mol. The fourth-order valence-electron chi connectivity index (χ4n) is 3.64. The summed E-state index contributed by atoms with van der Waals surface area (Å²) in [4.78, 5) is 32.4. The summed E-state index contributed by atoms with van der Waals surface area (Å²) >= 11 is 1.41. The number of carbonyl (C=O) groups excluding carboxylic acids is 2. The lowest BCUT2D eigenvalue weighted by Crippen LogP contribution is -2.35. The smallest absolute Gasteiger partial charge is 0.242 e. The van der Waals surface area contributed by atoms with Crippen molar-refractivity contribution in [1.82, 2.24) is 4.90 Å². The lowest BCUT2D eigenvalue weighted by atomic mass is 10.1. The summed E-state index contributed by atoms with van der Waals surface area (Å²) in [5.41, 5.74) is 6.05. The highest BCUT2D eigenvalue weighted by atomic mass is 32.2. The molecule has 1 saturated heterocycles. The number of rotatable bonds is 5. The fraction of sp³-hybridized carbons (Fsp3) is 0.375. The van der Waals surface area contributed by atoms with Crippen molar-refractivity contribution >= 4 is 40.1 Å². The van der Waals surface area contributed by atoms with E-state index in [-0.39, 0.29) is 24.3 Å². The van der Waals surface area contributed by atoms with E-state index in [2.05, 4.69) is 18.3 Å². The number of hydrogen-bond donors (Lipinski definition) is 1. The molecule has 156 valence electrons. The molecule has 5 nitrogen and oxygen atoms in total. The van der Waals surface area contributed by atoms with E-state index < -0.39 is 5.25 Å². The van der Waals surface area contributed by atoms with Crippen LogP contribution in [0.1, 0.15) is 41.5 Å². The molecule has 2 fully saturated rings. The molecule has 4 rings (SSSR count). The van der Waals surface area contributed by atoms with Crippen LogP contribution in [0.3, 0.4) is 0 Å². The summed E-state index contributed by atoms with van der Waals surface area (Å²) < 4.78 is 0. The molecular weight excluding hydrogens is 394 g/mol. The van der Waals surface area contributed by atoms with Gasteiger partial charge in [0, 0.05) is 18.2 Å². The Kier molecular flexibility index (Phi) is 5.69. The number of benzene rings is 2. The molecule has 2 aliphatic rings. The Morgan fingerprint density at radius 1 is 1.07 bits per heavy atom. The summed E-state index contributed by atoms with van der Waals surface area (Å²) in [7, 11) is 0. The minimum atomic E-state index is -0.430. The summed E-state index contributed by atoms with van der Waals surface area (Å²) in [5.74, 6) is -0.139. The number of nitrogens with zero attached hydrogens (tertiary/aromatic N) is 2. The molecule has 6 heteroatoms. The molecule has 1 heterocycles. The Bertz CT molecular complexity index is 1040. The van der Waals surface area contributed by atoms with E-state index in [9.17, 15) is 9.59 Å². The van der Waals surface area contributed by atoms with E-state index in [4.69, 9.17) is 4.99 Å². The number of hydrogen-bond acceptors (Lipinski definition) is 4. The molecule has 0 aromatic heterocycles. The van der Waals surface area contributed by atoms with E-state index in [1.54, 1.807) is 0 Å². The topological polar surface area (TPSA) is 61.8 Å². The molecule has 1 aliphatic heterocycles. The third kappa shape index (κ3) is 4.43. The van der Waals surface area contributed by atoms with Crippen LogP contribution in [0.5, 0.6) is 0 Å². The van der Waals surface area contributed by atoms with Crippen LogP contribution in [-0.2, 0) is 9.59 Å². The normalized spacial score (nSPS) is 20.1. The van der Waals surface area contributed by atoms with Crippen molar-refractivity contribution in [2.24, 2.45) is 4.99 Å². The van der Waals surface area contributed by atoms with Gasteiger partial charge in [-0.3, -0.25) is 14.5 Å². The first kappa shape index (κ1) is 20.7. The van der Waals surface area contributed by atoms with Gasteiger partial charge in [0.05, 0.1) is 5.69 Å². The standard InChI is InChI=1S/C24H27N3O2S/c1-14-6-10-19(17(4)11-14)26-24-27(18-8-9-18)23(29)21(30-24)13-22(28)25-20-12-15(2)5-7-16(20)3/h5-7,10-12,18,21H,8-9,13H2,1-4H3,(H,25,28)/t21-/m0/s1. The van der Waals surface area contributed by atoms with Gasteiger partial charge in [-0.25, -0.2) is 4.99 Å². The molecule has 2 aromatic rings. The van der Waals surface area contributed by atoms with Crippen molar-refractivity contribution in [3.63, 3.8) is 0 Å². The Labute approximate surface area is 182 Å². The fourth-order valence-corrected chi connectivity index (χ4v) is 4.84. The number of thioether (sulfide) groups is 1. The first-order chi connectivity index (χ1) is 14.3. The van der Waals surface area contributed by atoms with Gasteiger partial charge in [-0.15, -0.1) is 0 Å². The quantitative estimate of drug-likeness (QED) is 0.735. The summed E-state index contributed by atoms with van der Waals surface area (Å²) in [6.45, 7) is 8.05. The van der Waals surface area contributed by atoms with Gasteiger partial charge in [-0.05, 0) is 69.4 Å². The van der Waals surface area contributed by atoms with Crippen molar-refractivity contribution in [3.05, 3.63) is 58.7 Å². The van der Waals surface area contributed by atoms with Gasteiger partial charge in [-0.1, -0.05) is 41.6 Å².